The normalized spacial score (nSPS) is 12.9. The van der Waals surface area contributed by atoms with Gasteiger partial charge in [-0.05, 0) is 83.5 Å². The van der Waals surface area contributed by atoms with Crippen LogP contribution < -0.4 is 5.32 Å². The number of allylic oxidation sites excluding steroid dienone is 5. The summed E-state index contributed by atoms with van der Waals surface area (Å²) in [5.41, 5.74) is 0. The summed E-state index contributed by atoms with van der Waals surface area (Å²) in [5.74, 6) is -0.0840. The van der Waals surface area contributed by atoms with Gasteiger partial charge in [0, 0.05) is 12.8 Å². The molecule has 0 aliphatic carbocycles. The number of amides is 1. The molecule has 0 bridgehead atoms. The maximum atomic E-state index is 12.4. The Bertz CT molecular complexity index is 977. The van der Waals surface area contributed by atoms with Gasteiger partial charge in [0.15, 0.2) is 0 Å². The van der Waals surface area contributed by atoms with Gasteiger partial charge in [-0.1, -0.05) is 211 Å². The van der Waals surface area contributed by atoms with Gasteiger partial charge in [-0.2, -0.15) is 0 Å². The smallest absolute Gasteiger partial charge is 0.305 e. The van der Waals surface area contributed by atoms with Gasteiger partial charge in [0.1, 0.15) is 0 Å². The van der Waals surface area contributed by atoms with Crippen LogP contribution in [0.5, 0.6) is 0 Å². The molecule has 6 nitrogen and oxygen atoms in total. The fourth-order valence-corrected chi connectivity index (χ4v) is 7.80. The van der Waals surface area contributed by atoms with E-state index in [0.29, 0.717) is 19.4 Å². The molecule has 0 heterocycles. The molecule has 0 fully saturated rings. The van der Waals surface area contributed by atoms with Crippen LogP contribution in [-0.2, 0) is 14.3 Å². The van der Waals surface area contributed by atoms with Gasteiger partial charge in [0.05, 0.1) is 25.4 Å². The molecule has 0 aliphatic heterocycles. The van der Waals surface area contributed by atoms with E-state index in [1.807, 2.05) is 6.08 Å². The number of carbonyl (C=O) groups is 2. The number of aliphatic hydroxyl groups is 2. The summed E-state index contributed by atoms with van der Waals surface area (Å²) in [6, 6.07) is -0.632. The van der Waals surface area contributed by atoms with Gasteiger partial charge >= 0.3 is 5.97 Å². The van der Waals surface area contributed by atoms with Crippen molar-refractivity contribution in [2.24, 2.45) is 0 Å². The first kappa shape index (κ1) is 58.1. The van der Waals surface area contributed by atoms with Crippen LogP contribution in [0.25, 0.3) is 0 Å². The highest BCUT2D eigenvalue weighted by Crippen LogP contribution is 2.15. The van der Waals surface area contributed by atoms with E-state index in [1.54, 1.807) is 6.08 Å². The van der Waals surface area contributed by atoms with Crippen molar-refractivity contribution < 1.29 is 24.5 Å². The molecular formula is C54H101NO5. The Morgan fingerprint density at radius 2 is 0.783 bits per heavy atom. The second kappa shape index (κ2) is 49.7. The van der Waals surface area contributed by atoms with Crippen molar-refractivity contribution in [3.05, 3.63) is 36.5 Å². The van der Waals surface area contributed by atoms with Crippen molar-refractivity contribution in [1.29, 1.82) is 0 Å². The van der Waals surface area contributed by atoms with E-state index in [4.69, 9.17) is 4.74 Å². The lowest BCUT2D eigenvalue weighted by molar-refractivity contribution is -0.143. The van der Waals surface area contributed by atoms with Crippen molar-refractivity contribution in [2.45, 2.75) is 283 Å². The van der Waals surface area contributed by atoms with Crippen molar-refractivity contribution in [1.82, 2.24) is 5.32 Å². The Hall–Kier alpha value is -1.92. The van der Waals surface area contributed by atoms with E-state index in [0.717, 1.165) is 51.4 Å². The lowest BCUT2D eigenvalue weighted by Gasteiger charge is -2.20. The molecule has 352 valence electrons. The SMILES string of the molecule is CCCCCC/C=C\CCCCCCCC(=O)OCCCCCCCCCCC/C=C\CCCCCCCCCC(=O)NC(CO)C(O)/C=C/CCCCCCCCCC. The third kappa shape index (κ3) is 45.6. The number of unbranched alkanes of at least 4 members (excludes halogenated alkanes) is 33. The van der Waals surface area contributed by atoms with Crippen LogP contribution in [0.15, 0.2) is 36.5 Å². The number of ether oxygens (including phenoxy) is 1. The quantitative estimate of drug-likeness (QED) is 0.0322. The maximum Gasteiger partial charge on any atom is 0.305 e. The second-order valence-electron chi connectivity index (χ2n) is 17.8. The molecule has 0 spiro atoms. The number of nitrogens with one attached hydrogen (secondary N) is 1. The summed E-state index contributed by atoms with van der Waals surface area (Å²) in [6.07, 6.45) is 60.1. The van der Waals surface area contributed by atoms with Crippen molar-refractivity contribution in [2.75, 3.05) is 13.2 Å². The van der Waals surface area contributed by atoms with E-state index >= 15 is 0 Å². The Morgan fingerprint density at radius 3 is 1.20 bits per heavy atom. The van der Waals surface area contributed by atoms with Gasteiger partial charge in [0.25, 0.3) is 0 Å². The van der Waals surface area contributed by atoms with E-state index in [1.165, 1.54) is 193 Å². The first-order valence-electron chi connectivity index (χ1n) is 26.3. The van der Waals surface area contributed by atoms with Crippen molar-refractivity contribution in [3.8, 4) is 0 Å². The maximum absolute atomic E-state index is 12.4. The fraction of sp³-hybridized carbons (Fsp3) is 0.852. The van der Waals surface area contributed by atoms with Crippen LogP contribution in [0.1, 0.15) is 271 Å². The Labute approximate surface area is 373 Å². The number of hydrogen-bond acceptors (Lipinski definition) is 5. The molecular weight excluding hydrogens is 743 g/mol. The van der Waals surface area contributed by atoms with E-state index in [2.05, 4.69) is 43.5 Å². The number of hydrogen-bond donors (Lipinski definition) is 3. The van der Waals surface area contributed by atoms with Crippen LogP contribution >= 0.6 is 0 Å². The van der Waals surface area contributed by atoms with E-state index < -0.39 is 12.1 Å². The molecule has 2 atom stereocenters. The molecule has 6 heteroatoms. The Balaban J connectivity index is 3.45. The summed E-state index contributed by atoms with van der Waals surface area (Å²) in [5, 5.41) is 22.9. The second-order valence-corrected chi connectivity index (χ2v) is 17.8. The molecule has 60 heavy (non-hydrogen) atoms. The molecule has 0 aromatic heterocycles. The number of aliphatic hydroxyl groups excluding tert-OH is 2. The molecule has 0 saturated heterocycles. The molecule has 0 saturated carbocycles. The molecule has 0 rings (SSSR count). The highest BCUT2D eigenvalue weighted by Gasteiger charge is 2.18. The third-order valence-electron chi connectivity index (χ3n) is 11.9. The molecule has 2 unspecified atom stereocenters. The molecule has 0 aromatic carbocycles. The Kier molecular flexibility index (Phi) is 48.1. The van der Waals surface area contributed by atoms with Crippen LogP contribution in [-0.4, -0.2) is 47.4 Å². The highest BCUT2D eigenvalue weighted by molar-refractivity contribution is 5.76. The summed E-state index contributed by atoms with van der Waals surface area (Å²) in [4.78, 5) is 24.4. The zero-order valence-corrected chi connectivity index (χ0v) is 39.9. The summed E-state index contributed by atoms with van der Waals surface area (Å²) < 4.78 is 5.46. The zero-order chi connectivity index (χ0) is 43.7. The standard InChI is InChI=1S/C54H101NO5/c1-3-5-7-9-11-13-15-24-28-32-36-40-44-48-54(59)60-49-45-41-37-33-29-26-23-21-19-17-16-18-20-22-25-27-31-35-39-43-47-53(58)55-51(50-56)52(57)46-42-38-34-30-14-12-10-8-6-4-2/h13,15-16,18,42,46,51-52,56-57H,3-12,14,17,19-41,43-45,47-50H2,1-2H3,(H,55,58)/b15-13-,18-16-,46-42+. The first-order valence-corrected chi connectivity index (χ1v) is 26.3. The third-order valence-corrected chi connectivity index (χ3v) is 11.9. The number of esters is 1. The molecule has 0 radical (unpaired) electrons. The highest BCUT2D eigenvalue weighted by atomic mass is 16.5. The van der Waals surface area contributed by atoms with Crippen molar-refractivity contribution >= 4 is 11.9 Å². The molecule has 3 N–H and O–H groups in total. The molecule has 0 aliphatic rings. The number of carbonyl (C=O) groups excluding carboxylic acids is 2. The summed E-state index contributed by atoms with van der Waals surface area (Å²) in [7, 11) is 0. The van der Waals surface area contributed by atoms with Crippen LogP contribution in [0.2, 0.25) is 0 Å². The van der Waals surface area contributed by atoms with Crippen LogP contribution in [0, 0.1) is 0 Å². The minimum Gasteiger partial charge on any atom is -0.466 e. The van der Waals surface area contributed by atoms with Crippen molar-refractivity contribution in [3.63, 3.8) is 0 Å². The minimum atomic E-state index is -0.848. The minimum absolute atomic E-state index is 0.00455. The van der Waals surface area contributed by atoms with Crippen LogP contribution in [0.3, 0.4) is 0 Å². The summed E-state index contributed by atoms with van der Waals surface area (Å²) >= 11 is 0. The Morgan fingerprint density at radius 1 is 0.450 bits per heavy atom. The van der Waals surface area contributed by atoms with Crippen LogP contribution in [0.4, 0.5) is 0 Å². The van der Waals surface area contributed by atoms with Gasteiger partial charge < -0.3 is 20.3 Å². The van der Waals surface area contributed by atoms with Gasteiger partial charge in [-0.3, -0.25) is 9.59 Å². The lowest BCUT2D eigenvalue weighted by Crippen LogP contribution is -2.45. The largest absolute Gasteiger partial charge is 0.466 e. The summed E-state index contributed by atoms with van der Waals surface area (Å²) in [6.45, 7) is 4.85. The predicted molar refractivity (Wildman–Crippen MR) is 259 cm³/mol. The van der Waals surface area contributed by atoms with E-state index in [-0.39, 0.29) is 18.5 Å². The van der Waals surface area contributed by atoms with Gasteiger partial charge in [-0.25, -0.2) is 0 Å². The molecule has 0 aromatic rings. The lowest BCUT2D eigenvalue weighted by atomic mass is 10.1. The monoisotopic (exact) mass is 844 g/mol. The fourth-order valence-electron chi connectivity index (χ4n) is 7.80. The van der Waals surface area contributed by atoms with Gasteiger partial charge in [0.2, 0.25) is 5.91 Å². The average Bonchev–Trinajstić information content (AvgIpc) is 3.25. The number of rotatable bonds is 48. The van der Waals surface area contributed by atoms with E-state index in [9.17, 15) is 19.8 Å². The van der Waals surface area contributed by atoms with Gasteiger partial charge in [-0.15, -0.1) is 0 Å². The zero-order valence-electron chi connectivity index (χ0n) is 39.9. The first-order chi connectivity index (χ1) is 29.5. The predicted octanol–water partition coefficient (Wildman–Crippen LogP) is 15.7. The topological polar surface area (TPSA) is 95.9 Å². The average molecular weight is 844 g/mol. The molecule has 1 amide bonds.